The first-order chi connectivity index (χ1) is 11.5. The molecule has 5 nitrogen and oxygen atoms in total. The highest BCUT2D eigenvalue weighted by Crippen LogP contribution is 2.31. The summed E-state index contributed by atoms with van der Waals surface area (Å²) in [6.45, 7) is 0.220. The summed E-state index contributed by atoms with van der Waals surface area (Å²) < 4.78 is 51.7. The van der Waals surface area contributed by atoms with Gasteiger partial charge in [0.25, 0.3) is 0 Å². The highest BCUT2D eigenvalue weighted by molar-refractivity contribution is 5.46. The molecular formula is C16H15F3N2O3. The Bertz CT molecular complexity index is 690. The molecule has 0 unspecified atom stereocenters. The summed E-state index contributed by atoms with van der Waals surface area (Å²) in [6.07, 6.45) is -2.96. The number of aromatic nitrogens is 1. The molecule has 0 saturated heterocycles. The number of benzene rings is 1. The molecule has 0 bridgehead atoms. The van der Waals surface area contributed by atoms with Gasteiger partial charge in [0, 0.05) is 12.6 Å². The lowest BCUT2D eigenvalue weighted by Gasteiger charge is -2.19. The predicted octanol–water partition coefficient (Wildman–Crippen LogP) is 3.41. The maximum atomic E-state index is 12.1. The van der Waals surface area contributed by atoms with Crippen LogP contribution in [0.5, 0.6) is 17.4 Å². The van der Waals surface area contributed by atoms with Crippen molar-refractivity contribution in [1.29, 1.82) is 0 Å². The molecule has 0 atom stereocenters. The van der Waals surface area contributed by atoms with Crippen LogP contribution in [-0.2, 0) is 6.54 Å². The number of pyridine rings is 1. The van der Waals surface area contributed by atoms with Crippen LogP contribution in [0, 0.1) is 0 Å². The van der Waals surface area contributed by atoms with E-state index in [-0.39, 0.29) is 5.88 Å². The average Bonchev–Trinajstić information content (AvgIpc) is 2.58. The Morgan fingerprint density at radius 2 is 1.88 bits per heavy atom. The Labute approximate surface area is 136 Å². The molecule has 1 aliphatic heterocycles. The number of rotatable bonds is 5. The van der Waals surface area contributed by atoms with Crippen LogP contribution in [0.3, 0.4) is 0 Å². The zero-order valence-corrected chi connectivity index (χ0v) is 12.6. The average molecular weight is 340 g/mol. The minimum absolute atomic E-state index is 0.0720. The summed E-state index contributed by atoms with van der Waals surface area (Å²) in [4.78, 5) is 3.83. The molecule has 2 heterocycles. The summed E-state index contributed by atoms with van der Waals surface area (Å²) >= 11 is 0. The molecule has 0 saturated carbocycles. The number of hydrogen-bond donors (Lipinski definition) is 1. The standard InChI is InChI=1S/C16H15F3N2O3/c17-16(18,19)10-24-15-4-2-12(9-21-15)20-8-11-1-3-13-14(7-11)23-6-5-22-13/h1-4,7,9,20H,5-6,8,10H2. The summed E-state index contributed by atoms with van der Waals surface area (Å²) in [7, 11) is 0. The molecule has 0 spiro atoms. The van der Waals surface area contributed by atoms with Gasteiger partial charge in [0.05, 0.1) is 11.9 Å². The zero-order valence-electron chi connectivity index (χ0n) is 12.6. The molecule has 1 aromatic carbocycles. The first-order valence-corrected chi connectivity index (χ1v) is 7.28. The molecule has 8 heteroatoms. The lowest BCUT2D eigenvalue weighted by Crippen LogP contribution is -2.19. The summed E-state index contributed by atoms with van der Waals surface area (Å²) in [6, 6.07) is 8.64. The number of anilines is 1. The van der Waals surface area contributed by atoms with Crippen LogP contribution in [-0.4, -0.2) is 31.0 Å². The van der Waals surface area contributed by atoms with Crippen molar-refractivity contribution in [3.8, 4) is 17.4 Å². The van der Waals surface area contributed by atoms with E-state index >= 15 is 0 Å². The lowest BCUT2D eigenvalue weighted by atomic mass is 10.2. The molecule has 0 amide bonds. The Morgan fingerprint density at radius 1 is 1.08 bits per heavy atom. The van der Waals surface area contributed by atoms with E-state index in [4.69, 9.17) is 9.47 Å². The van der Waals surface area contributed by atoms with Crippen molar-refractivity contribution in [2.45, 2.75) is 12.7 Å². The van der Waals surface area contributed by atoms with Gasteiger partial charge in [-0.1, -0.05) is 6.07 Å². The number of fused-ring (bicyclic) bond motifs is 1. The van der Waals surface area contributed by atoms with Crippen LogP contribution in [0.4, 0.5) is 18.9 Å². The van der Waals surface area contributed by atoms with Gasteiger partial charge >= 0.3 is 6.18 Å². The Morgan fingerprint density at radius 3 is 2.58 bits per heavy atom. The SMILES string of the molecule is FC(F)(F)COc1ccc(NCc2ccc3c(c2)OCCO3)cn1. The number of nitrogens with zero attached hydrogens (tertiary/aromatic N) is 1. The highest BCUT2D eigenvalue weighted by Gasteiger charge is 2.28. The first kappa shape index (κ1) is 16.2. The minimum Gasteiger partial charge on any atom is -0.486 e. The Kier molecular flexibility index (Phi) is 4.64. The molecule has 24 heavy (non-hydrogen) atoms. The van der Waals surface area contributed by atoms with Crippen LogP contribution in [0.1, 0.15) is 5.56 Å². The molecule has 3 rings (SSSR count). The molecule has 128 valence electrons. The summed E-state index contributed by atoms with van der Waals surface area (Å²) in [5, 5.41) is 3.13. The smallest absolute Gasteiger partial charge is 0.422 e. The van der Waals surface area contributed by atoms with E-state index in [0.29, 0.717) is 31.2 Å². The fourth-order valence-electron chi connectivity index (χ4n) is 2.13. The van der Waals surface area contributed by atoms with E-state index < -0.39 is 12.8 Å². The van der Waals surface area contributed by atoms with Gasteiger partial charge in [-0.05, 0) is 23.8 Å². The maximum absolute atomic E-state index is 12.1. The zero-order chi connectivity index (χ0) is 17.0. The number of nitrogens with one attached hydrogen (secondary N) is 1. The van der Waals surface area contributed by atoms with Gasteiger partial charge in [0.2, 0.25) is 5.88 Å². The third-order valence-corrected chi connectivity index (χ3v) is 3.22. The van der Waals surface area contributed by atoms with Crippen molar-refractivity contribution >= 4 is 5.69 Å². The molecule has 2 aromatic rings. The second-order valence-corrected chi connectivity index (χ2v) is 5.12. The van der Waals surface area contributed by atoms with Crippen molar-refractivity contribution < 1.29 is 27.4 Å². The van der Waals surface area contributed by atoms with Gasteiger partial charge in [-0.3, -0.25) is 0 Å². The van der Waals surface area contributed by atoms with E-state index in [1.54, 1.807) is 6.07 Å². The summed E-state index contributed by atoms with van der Waals surface area (Å²) in [5.41, 5.74) is 1.65. The molecule has 0 aliphatic carbocycles. The molecule has 1 aliphatic rings. The van der Waals surface area contributed by atoms with Crippen LogP contribution in [0.25, 0.3) is 0 Å². The topological polar surface area (TPSA) is 52.6 Å². The Balaban J connectivity index is 1.55. The first-order valence-electron chi connectivity index (χ1n) is 7.28. The van der Waals surface area contributed by atoms with Crippen molar-refractivity contribution in [2.75, 3.05) is 25.1 Å². The fraction of sp³-hybridized carbons (Fsp3) is 0.312. The van der Waals surface area contributed by atoms with Gasteiger partial charge in [-0.25, -0.2) is 4.98 Å². The second-order valence-electron chi connectivity index (χ2n) is 5.12. The van der Waals surface area contributed by atoms with Gasteiger partial charge < -0.3 is 19.5 Å². The van der Waals surface area contributed by atoms with E-state index in [1.165, 1.54) is 12.3 Å². The monoisotopic (exact) mass is 340 g/mol. The molecule has 1 aromatic heterocycles. The van der Waals surface area contributed by atoms with Crippen LogP contribution in [0.15, 0.2) is 36.5 Å². The number of ether oxygens (including phenoxy) is 3. The lowest BCUT2D eigenvalue weighted by molar-refractivity contribution is -0.154. The quantitative estimate of drug-likeness (QED) is 0.904. The van der Waals surface area contributed by atoms with Crippen LogP contribution >= 0.6 is 0 Å². The third-order valence-electron chi connectivity index (χ3n) is 3.22. The molecule has 0 fully saturated rings. The minimum atomic E-state index is -4.38. The van der Waals surface area contributed by atoms with E-state index in [1.807, 2.05) is 18.2 Å². The van der Waals surface area contributed by atoms with Gasteiger partial charge in [-0.15, -0.1) is 0 Å². The molecule has 0 radical (unpaired) electrons. The maximum Gasteiger partial charge on any atom is 0.422 e. The normalized spacial score (nSPS) is 13.5. The van der Waals surface area contributed by atoms with E-state index in [0.717, 1.165) is 11.3 Å². The number of hydrogen-bond acceptors (Lipinski definition) is 5. The van der Waals surface area contributed by atoms with Gasteiger partial charge in [0.15, 0.2) is 18.1 Å². The Hall–Kier alpha value is -2.64. The van der Waals surface area contributed by atoms with Crippen molar-refractivity contribution in [1.82, 2.24) is 4.98 Å². The third kappa shape index (κ3) is 4.43. The van der Waals surface area contributed by atoms with Crippen molar-refractivity contribution in [3.05, 3.63) is 42.1 Å². The number of alkyl halides is 3. The molecule has 1 N–H and O–H groups in total. The van der Waals surface area contributed by atoms with Crippen molar-refractivity contribution in [3.63, 3.8) is 0 Å². The summed E-state index contributed by atoms with van der Waals surface area (Å²) in [5.74, 6) is 1.35. The van der Waals surface area contributed by atoms with Crippen LogP contribution in [0.2, 0.25) is 0 Å². The van der Waals surface area contributed by atoms with Gasteiger partial charge in [-0.2, -0.15) is 13.2 Å². The van der Waals surface area contributed by atoms with Gasteiger partial charge in [0.1, 0.15) is 13.2 Å². The van der Waals surface area contributed by atoms with E-state index in [2.05, 4.69) is 15.0 Å². The largest absolute Gasteiger partial charge is 0.486 e. The fourth-order valence-corrected chi connectivity index (χ4v) is 2.13. The predicted molar refractivity (Wildman–Crippen MR) is 80.5 cm³/mol. The van der Waals surface area contributed by atoms with Crippen LogP contribution < -0.4 is 19.5 Å². The molecular weight excluding hydrogens is 325 g/mol. The van der Waals surface area contributed by atoms with E-state index in [9.17, 15) is 13.2 Å². The highest BCUT2D eigenvalue weighted by atomic mass is 19.4. The van der Waals surface area contributed by atoms with Crippen molar-refractivity contribution in [2.24, 2.45) is 0 Å². The second kappa shape index (κ2) is 6.86. The number of halogens is 3.